The largest absolute Gasteiger partial charge is 0.545 e. The third-order valence-electron chi connectivity index (χ3n) is 11.3. The van der Waals surface area contributed by atoms with Crippen molar-refractivity contribution in [2.45, 2.75) is 193 Å². The van der Waals surface area contributed by atoms with Crippen LogP contribution in [0.4, 0.5) is 0 Å². The lowest BCUT2D eigenvalue weighted by Gasteiger charge is -2.26. The van der Waals surface area contributed by atoms with Gasteiger partial charge in [-0.05, 0) is 122 Å². The fourth-order valence-corrected chi connectivity index (χ4v) is 6.93. The maximum absolute atomic E-state index is 12.8. The lowest BCUT2D eigenvalue weighted by Crippen LogP contribution is -2.44. The number of carbonyl (C=O) groups is 3. The molecule has 0 radical (unpaired) electrons. The number of allylic oxidation sites excluding steroid dienone is 26. The monoisotopic (exact) mass is 1040 g/mol. The molecule has 0 bridgehead atoms. The van der Waals surface area contributed by atoms with E-state index in [1.807, 2.05) is 21.1 Å². The molecule has 0 aromatic heterocycles. The first kappa shape index (κ1) is 69.9. The fourth-order valence-electron chi connectivity index (χ4n) is 6.93. The molecule has 0 saturated heterocycles. The summed E-state index contributed by atoms with van der Waals surface area (Å²) >= 11 is 0. The Morgan fingerprint density at radius 3 is 1.09 bits per heavy atom. The molecule has 2 unspecified atom stereocenters. The van der Waals surface area contributed by atoms with Crippen LogP contribution in [0.5, 0.6) is 0 Å². The van der Waals surface area contributed by atoms with Crippen molar-refractivity contribution in [2.24, 2.45) is 0 Å². The molecule has 0 rings (SSSR count). The molecule has 0 spiro atoms. The molecule has 0 aromatic carbocycles. The Morgan fingerprint density at radius 2 is 0.720 bits per heavy atom. The fraction of sp³-hybridized carbons (Fsp3) is 0.561. The summed E-state index contributed by atoms with van der Waals surface area (Å²) in [5.74, 6) is -2.38. The predicted octanol–water partition coefficient (Wildman–Crippen LogP) is 15.7. The van der Waals surface area contributed by atoms with E-state index in [2.05, 4.69) is 172 Å². The number of unbranched alkanes of at least 4 members (excludes halogenated alkanes) is 9. The second kappa shape index (κ2) is 55.2. The van der Waals surface area contributed by atoms with E-state index >= 15 is 0 Å². The zero-order valence-corrected chi connectivity index (χ0v) is 47.6. The normalized spacial score (nSPS) is 14.0. The van der Waals surface area contributed by atoms with Crippen molar-refractivity contribution in [2.75, 3.05) is 47.5 Å². The van der Waals surface area contributed by atoms with E-state index in [4.69, 9.17) is 18.9 Å². The molecule has 420 valence electrons. The Balaban J connectivity index is 4.30. The zero-order valence-electron chi connectivity index (χ0n) is 47.6. The highest BCUT2D eigenvalue weighted by Gasteiger charge is 2.21. The van der Waals surface area contributed by atoms with Crippen molar-refractivity contribution in [1.29, 1.82) is 0 Å². The van der Waals surface area contributed by atoms with Gasteiger partial charge < -0.3 is 33.3 Å². The van der Waals surface area contributed by atoms with Gasteiger partial charge in [0.25, 0.3) is 0 Å². The molecule has 2 atom stereocenters. The average molecular weight is 1040 g/mol. The van der Waals surface area contributed by atoms with Crippen molar-refractivity contribution >= 4 is 17.9 Å². The Kier molecular flexibility index (Phi) is 51.4. The molecular formula is C66H103NO8. The van der Waals surface area contributed by atoms with Gasteiger partial charge in [-0.1, -0.05) is 204 Å². The summed E-state index contributed by atoms with van der Waals surface area (Å²) in [4.78, 5) is 37.2. The highest BCUT2D eigenvalue weighted by Crippen LogP contribution is 2.13. The van der Waals surface area contributed by atoms with Gasteiger partial charge >= 0.3 is 11.9 Å². The van der Waals surface area contributed by atoms with E-state index < -0.39 is 30.3 Å². The molecule has 0 saturated carbocycles. The predicted molar refractivity (Wildman–Crippen MR) is 315 cm³/mol. The first-order chi connectivity index (χ1) is 36.6. The summed E-state index contributed by atoms with van der Waals surface area (Å²) in [5, 5.41) is 11.8. The molecule has 0 fully saturated rings. The van der Waals surface area contributed by atoms with E-state index in [-0.39, 0.29) is 32.7 Å². The average Bonchev–Trinajstić information content (AvgIpc) is 3.38. The summed E-state index contributed by atoms with van der Waals surface area (Å²) in [6.07, 6.45) is 78.7. The molecular weight excluding hydrogens is 935 g/mol. The van der Waals surface area contributed by atoms with Gasteiger partial charge in [-0.3, -0.25) is 9.59 Å². The van der Waals surface area contributed by atoms with Crippen LogP contribution in [0.2, 0.25) is 0 Å². The number of esters is 2. The maximum atomic E-state index is 12.8. The van der Waals surface area contributed by atoms with Crippen molar-refractivity contribution < 1.29 is 42.9 Å². The second-order valence-corrected chi connectivity index (χ2v) is 19.5. The molecule has 0 aliphatic rings. The summed E-state index contributed by atoms with van der Waals surface area (Å²) in [6, 6.07) is 0. The van der Waals surface area contributed by atoms with Crippen LogP contribution in [0, 0.1) is 0 Å². The maximum Gasteiger partial charge on any atom is 0.306 e. The number of quaternary nitrogens is 1. The van der Waals surface area contributed by atoms with Crippen LogP contribution in [0.3, 0.4) is 0 Å². The van der Waals surface area contributed by atoms with Crippen LogP contribution < -0.4 is 5.11 Å². The van der Waals surface area contributed by atoms with Gasteiger partial charge in [-0.25, -0.2) is 0 Å². The standard InChI is InChI=1S/C66H103NO8/c1-6-8-10-12-14-16-18-20-22-23-24-25-26-27-28-29-30-31-32-33-34-35-36-37-38-39-40-41-43-45-47-49-51-53-55-57-64(69)75-62(61-74-66(65(70)71)72-59-58-67(3,4)5)60-73-63(68)56-54-52-50-48-46-44-42-21-19-17-15-13-11-9-7-2/h8-11,14-17,20-22,24-25,27-28,30-31,33-34,36-37,39-40,42,46,48,62,66H,6-7,12-13,18-19,23,26,29,32,35,38,41,43-45,47,49-61H2,1-5H3/b10-8-,11-9-,16-14-,17-15-,22-20-,25-24-,28-27-,31-30-,34-33-,37-36-,40-39-,42-21-,48-46-. The van der Waals surface area contributed by atoms with Crippen LogP contribution >= 0.6 is 0 Å². The lowest BCUT2D eigenvalue weighted by molar-refractivity contribution is -0.870. The molecule has 9 nitrogen and oxygen atoms in total. The Hall–Kier alpha value is -5.09. The minimum absolute atomic E-state index is 0.129. The summed E-state index contributed by atoms with van der Waals surface area (Å²) in [6.45, 7) is 4.42. The minimum Gasteiger partial charge on any atom is -0.545 e. The van der Waals surface area contributed by atoms with Crippen LogP contribution in [0.15, 0.2) is 158 Å². The van der Waals surface area contributed by atoms with Crippen LogP contribution in [-0.2, 0) is 33.3 Å². The van der Waals surface area contributed by atoms with Gasteiger partial charge in [-0.2, -0.15) is 0 Å². The lowest BCUT2D eigenvalue weighted by atomic mass is 10.1. The molecule has 0 aliphatic heterocycles. The van der Waals surface area contributed by atoms with Gasteiger partial charge in [0.1, 0.15) is 13.2 Å². The van der Waals surface area contributed by atoms with Crippen molar-refractivity contribution in [1.82, 2.24) is 0 Å². The van der Waals surface area contributed by atoms with Crippen LogP contribution in [0.1, 0.15) is 181 Å². The third-order valence-corrected chi connectivity index (χ3v) is 11.3. The summed E-state index contributed by atoms with van der Waals surface area (Å²) in [7, 11) is 5.88. The van der Waals surface area contributed by atoms with E-state index in [0.29, 0.717) is 23.9 Å². The topological polar surface area (TPSA) is 111 Å². The number of likely N-dealkylation sites (N-methyl/N-ethyl adjacent to an activating group) is 1. The van der Waals surface area contributed by atoms with Gasteiger partial charge in [0.2, 0.25) is 0 Å². The number of ether oxygens (including phenoxy) is 4. The minimum atomic E-state index is -1.64. The first-order valence-electron chi connectivity index (χ1n) is 28.6. The number of aliphatic carboxylic acids is 1. The van der Waals surface area contributed by atoms with Gasteiger partial charge in [0, 0.05) is 12.8 Å². The van der Waals surface area contributed by atoms with Crippen LogP contribution in [-0.4, -0.2) is 82.3 Å². The highest BCUT2D eigenvalue weighted by molar-refractivity contribution is 5.70. The molecule has 9 heteroatoms. The van der Waals surface area contributed by atoms with E-state index in [1.165, 1.54) is 12.8 Å². The summed E-state index contributed by atoms with van der Waals surface area (Å²) in [5.41, 5.74) is 0. The zero-order chi connectivity index (χ0) is 54.8. The molecule has 0 heterocycles. The quantitative estimate of drug-likeness (QED) is 0.0195. The van der Waals surface area contributed by atoms with Crippen molar-refractivity contribution in [3.05, 3.63) is 158 Å². The SMILES string of the molecule is CC/C=C\C/C=C\C/C=C\C/C=C\C/C=C\C/C=C\C/C=C\C/C=C\C/C=C\CCCCCCCCCC(=O)OC(COC(=O)CCCC/C=C\C/C=C\C/C=C\C/C=C\CC)COC(OCC[N+](C)(C)C)C(=O)[O-]. The number of hydrogen-bond acceptors (Lipinski definition) is 8. The molecule has 0 N–H and O–H groups in total. The highest BCUT2D eigenvalue weighted by atomic mass is 16.7. The van der Waals surface area contributed by atoms with Crippen LogP contribution in [0.25, 0.3) is 0 Å². The van der Waals surface area contributed by atoms with Gasteiger partial charge in [-0.15, -0.1) is 0 Å². The number of nitrogens with zero attached hydrogens (tertiary/aromatic N) is 1. The van der Waals surface area contributed by atoms with E-state index in [0.717, 1.165) is 128 Å². The second-order valence-electron chi connectivity index (χ2n) is 19.5. The van der Waals surface area contributed by atoms with E-state index in [9.17, 15) is 19.5 Å². The van der Waals surface area contributed by atoms with Crippen molar-refractivity contribution in [3.63, 3.8) is 0 Å². The third kappa shape index (κ3) is 56.5. The summed E-state index contributed by atoms with van der Waals surface area (Å²) < 4.78 is 22.6. The Labute approximate surface area is 457 Å². The number of hydrogen-bond donors (Lipinski definition) is 0. The number of carboxylic acids is 1. The number of rotatable bonds is 50. The first-order valence-corrected chi connectivity index (χ1v) is 28.6. The Morgan fingerprint density at radius 1 is 0.400 bits per heavy atom. The van der Waals surface area contributed by atoms with Gasteiger partial charge in [0.05, 0.1) is 40.3 Å². The van der Waals surface area contributed by atoms with Gasteiger partial charge in [0.15, 0.2) is 12.4 Å². The smallest absolute Gasteiger partial charge is 0.306 e. The molecule has 75 heavy (non-hydrogen) atoms. The van der Waals surface area contributed by atoms with Crippen molar-refractivity contribution in [3.8, 4) is 0 Å². The molecule has 0 aromatic rings. The number of carbonyl (C=O) groups excluding carboxylic acids is 3. The Bertz CT molecular complexity index is 1780. The number of carboxylic acid groups (broad SMARTS) is 1. The van der Waals surface area contributed by atoms with E-state index in [1.54, 1.807) is 0 Å². The molecule has 0 amide bonds. The molecule has 0 aliphatic carbocycles.